The zero-order valence-corrected chi connectivity index (χ0v) is 12.5. The summed E-state index contributed by atoms with van der Waals surface area (Å²) in [6.45, 7) is 13.3. The summed E-state index contributed by atoms with van der Waals surface area (Å²) in [4.78, 5) is 11.6. The van der Waals surface area contributed by atoms with Crippen LogP contribution in [0.5, 0.6) is 0 Å². The van der Waals surface area contributed by atoms with E-state index in [0.717, 1.165) is 0 Å². The van der Waals surface area contributed by atoms with Gasteiger partial charge in [-0.15, -0.1) is 6.58 Å². The van der Waals surface area contributed by atoms with Crippen LogP contribution in [0.15, 0.2) is 12.7 Å². The highest BCUT2D eigenvalue weighted by molar-refractivity contribution is 5.67. The molecule has 1 heterocycles. The fourth-order valence-electron chi connectivity index (χ4n) is 1.94. The molecule has 1 aliphatic rings. The van der Waals surface area contributed by atoms with E-state index in [0.29, 0.717) is 13.0 Å². The lowest BCUT2D eigenvalue weighted by atomic mass is 10.1. The largest absolute Gasteiger partial charge is 0.444 e. The van der Waals surface area contributed by atoms with Gasteiger partial charge in [0.1, 0.15) is 11.7 Å². The maximum Gasteiger partial charge on any atom is 0.407 e. The smallest absolute Gasteiger partial charge is 0.407 e. The Morgan fingerprint density at radius 3 is 2.47 bits per heavy atom. The van der Waals surface area contributed by atoms with Gasteiger partial charge < -0.3 is 19.5 Å². The van der Waals surface area contributed by atoms with Crippen molar-refractivity contribution in [1.82, 2.24) is 5.32 Å². The molecule has 1 N–H and O–H groups in total. The number of amides is 1. The second-order valence-corrected chi connectivity index (χ2v) is 6.12. The first-order chi connectivity index (χ1) is 8.63. The van der Waals surface area contributed by atoms with Crippen molar-refractivity contribution in [2.24, 2.45) is 0 Å². The summed E-state index contributed by atoms with van der Waals surface area (Å²) in [6.07, 6.45) is 1.74. The van der Waals surface area contributed by atoms with Crippen molar-refractivity contribution in [2.75, 3.05) is 6.54 Å². The van der Waals surface area contributed by atoms with E-state index in [2.05, 4.69) is 11.9 Å². The van der Waals surface area contributed by atoms with Crippen LogP contribution in [0, 0.1) is 0 Å². The molecule has 1 amide bonds. The predicted molar refractivity (Wildman–Crippen MR) is 72.9 cm³/mol. The molecule has 5 heteroatoms. The van der Waals surface area contributed by atoms with Crippen molar-refractivity contribution in [3.8, 4) is 0 Å². The monoisotopic (exact) mass is 271 g/mol. The maximum absolute atomic E-state index is 11.6. The first-order valence-electron chi connectivity index (χ1n) is 6.56. The maximum atomic E-state index is 11.6. The molecule has 0 radical (unpaired) electrons. The van der Waals surface area contributed by atoms with E-state index in [4.69, 9.17) is 14.2 Å². The summed E-state index contributed by atoms with van der Waals surface area (Å²) in [5, 5.41) is 2.71. The molecule has 2 unspecified atom stereocenters. The molecule has 0 saturated carbocycles. The third-order valence-corrected chi connectivity index (χ3v) is 2.53. The average Bonchev–Trinajstić information content (AvgIpc) is 2.48. The average molecular weight is 271 g/mol. The minimum atomic E-state index is -0.631. The minimum absolute atomic E-state index is 0.0950. The molecule has 2 atom stereocenters. The lowest BCUT2D eigenvalue weighted by molar-refractivity contribution is -0.145. The van der Waals surface area contributed by atoms with E-state index in [1.165, 1.54) is 0 Å². The SMILES string of the molecule is C=CCC1OC(C)(C)OC1CNC(=O)OC(C)(C)C. The van der Waals surface area contributed by atoms with Crippen LogP contribution in [0.3, 0.4) is 0 Å². The van der Waals surface area contributed by atoms with Gasteiger partial charge in [-0.25, -0.2) is 4.79 Å². The van der Waals surface area contributed by atoms with Crippen LogP contribution in [-0.2, 0) is 14.2 Å². The molecular weight excluding hydrogens is 246 g/mol. The Bertz CT molecular complexity index is 333. The van der Waals surface area contributed by atoms with Gasteiger partial charge >= 0.3 is 6.09 Å². The topological polar surface area (TPSA) is 56.8 Å². The molecule has 0 aliphatic carbocycles. The van der Waals surface area contributed by atoms with Gasteiger partial charge in [0.15, 0.2) is 5.79 Å². The Balaban J connectivity index is 2.47. The van der Waals surface area contributed by atoms with Gasteiger partial charge in [-0.3, -0.25) is 0 Å². The van der Waals surface area contributed by atoms with Crippen molar-refractivity contribution in [1.29, 1.82) is 0 Å². The van der Waals surface area contributed by atoms with Crippen LogP contribution < -0.4 is 5.32 Å². The highest BCUT2D eigenvalue weighted by atomic mass is 16.8. The van der Waals surface area contributed by atoms with E-state index < -0.39 is 17.5 Å². The number of rotatable bonds is 4. The number of carbonyl (C=O) groups excluding carboxylic acids is 1. The second-order valence-electron chi connectivity index (χ2n) is 6.12. The number of hydrogen-bond donors (Lipinski definition) is 1. The number of hydrogen-bond acceptors (Lipinski definition) is 4. The molecule has 0 aromatic carbocycles. The Hall–Kier alpha value is -1.07. The van der Waals surface area contributed by atoms with Gasteiger partial charge in [-0.05, 0) is 41.0 Å². The molecule has 5 nitrogen and oxygen atoms in total. The third kappa shape index (κ3) is 5.61. The zero-order valence-electron chi connectivity index (χ0n) is 12.5. The summed E-state index contributed by atoms with van der Waals surface area (Å²) in [6, 6.07) is 0. The molecular formula is C14H25NO4. The predicted octanol–water partition coefficient (Wildman–Crippen LogP) is 2.61. The summed E-state index contributed by atoms with van der Waals surface area (Å²) < 4.78 is 16.7. The van der Waals surface area contributed by atoms with E-state index in [-0.39, 0.29) is 12.2 Å². The van der Waals surface area contributed by atoms with Gasteiger partial charge in [0.2, 0.25) is 0 Å². The lowest BCUT2D eigenvalue weighted by Gasteiger charge is -2.21. The quantitative estimate of drug-likeness (QED) is 0.799. The number of nitrogens with one attached hydrogen (secondary N) is 1. The van der Waals surface area contributed by atoms with Crippen molar-refractivity contribution in [3.63, 3.8) is 0 Å². The van der Waals surface area contributed by atoms with Gasteiger partial charge in [-0.1, -0.05) is 6.08 Å². The first kappa shape index (κ1) is 16.0. The molecule has 0 aromatic heterocycles. The standard InChI is InChI=1S/C14H25NO4/c1-7-8-10-11(18-14(5,6)17-10)9-15-12(16)19-13(2,3)4/h7,10-11H,1,8-9H2,2-6H3,(H,15,16). The van der Waals surface area contributed by atoms with Crippen LogP contribution >= 0.6 is 0 Å². The molecule has 110 valence electrons. The van der Waals surface area contributed by atoms with Crippen LogP contribution in [0.1, 0.15) is 41.0 Å². The Morgan fingerprint density at radius 1 is 1.37 bits per heavy atom. The highest BCUT2D eigenvalue weighted by Crippen LogP contribution is 2.29. The Kier molecular flexibility index (Phi) is 4.98. The number of carbonyl (C=O) groups is 1. The van der Waals surface area contributed by atoms with Crippen LogP contribution in [0.25, 0.3) is 0 Å². The summed E-state index contributed by atoms with van der Waals surface area (Å²) >= 11 is 0. The number of ether oxygens (including phenoxy) is 3. The molecule has 1 rings (SSSR count). The van der Waals surface area contributed by atoms with E-state index in [9.17, 15) is 4.79 Å². The summed E-state index contributed by atoms with van der Waals surface area (Å²) in [7, 11) is 0. The summed E-state index contributed by atoms with van der Waals surface area (Å²) in [5.41, 5.74) is -0.503. The molecule has 1 fully saturated rings. The van der Waals surface area contributed by atoms with E-state index in [1.54, 1.807) is 6.08 Å². The van der Waals surface area contributed by atoms with Gasteiger partial charge in [0, 0.05) is 6.54 Å². The fourth-order valence-corrected chi connectivity index (χ4v) is 1.94. The van der Waals surface area contributed by atoms with E-state index in [1.807, 2.05) is 34.6 Å². The third-order valence-electron chi connectivity index (χ3n) is 2.53. The fraction of sp³-hybridized carbons (Fsp3) is 0.786. The molecule has 0 spiro atoms. The first-order valence-corrected chi connectivity index (χ1v) is 6.56. The van der Waals surface area contributed by atoms with Gasteiger partial charge in [0.05, 0.1) is 6.10 Å². The second kappa shape index (κ2) is 5.92. The van der Waals surface area contributed by atoms with Crippen molar-refractivity contribution in [3.05, 3.63) is 12.7 Å². The minimum Gasteiger partial charge on any atom is -0.444 e. The number of alkyl carbamates (subject to hydrolysis) is 1. The highest BCUT2D eigenvalue weighted by Gasteiger charge is 2.40. The zero-order chi connectivity index (χ0) is 14.7. The van der Waals surface area contributed by atoms with Crippen molar-refractivity contribution in [2.45, 2.75) is 64.6 Å². The van der Waals surface area contributed by atoms with Crippen LogP contribution in [-0.4, -0.2) is 36.2 Å². The van der Waals surface area contributed by atoms with Crippen molar-refractivity contribution >= 4 is 6.09 Å². The lowest BCUT2D eigenvalue weighted by Crippen LogP contribution is -2.40. The molecule has 0 bridgehead atoms. The van der Waals surface area contributed by atoms with Gasteiger partial charge in [-0.2, -0.15) is 0 Å². The van der Waals surface area contributed by atoms with Gasteiger partial charge in [0.25, 0.3) is 0 Å². The Morgan fingerprint density at radius 2 is 1.95 bits per heavy atom. The van der Waals surface area contributed by atoms with E-state index >= 15 is 0 Å². The molecule has 1 saturated heterocycles. The molecule has 0 aromatic rings. The normalized spacial score (nSPS) is 25.9. The van der Waals surface area contributed by atoms with Crippen LogP contribution in [0.4, 0.5) is 4.79 Å². The van der Waals surface area contributed by atoms with Crippen LogP contribution in [0.2, 0.25) is 0 Å². The summed E-state index contributed by atoms with van der Waals surface area (Å²) in [5.74, 6) is -0.631. The molecule has 19 heavy (non-hydrogen) atoms. The molecule has 1 aliphatic heterocycles. The Labute approximate surface area is 115 Å². The van der Waals surface area contributed by atoms with Crippen molar-refractivity contribution < 1.29 is 19.0 Å².